The standard InChI is InChI=1S/C8H6O4/c9-5-3-1-2-4-6(5)8(11)12-7(4)10/h1-3,7,9-10H/t7-/m1/s1. The highest BCUT2D eigenvalue weighted by Crippen LogP contribution is 2.33. The number of aromatic hydroxyl groups is 1. The molecule has 1 aliphatic heterocycles. The zero-order valence-electron chi connectivity index (χ0n) is 6.02. The van der Waals surface area contributed by atoms with Crippen LogP contribution in [0.15, 0.2) is 18.2 Å². The molecule has 0 spiro atoms. The van der Waals surface area contributed by atoms with Crippen molar-refractivity contribution in [3.8, 4) is 5.75 Å². The van der Waals surface area contributed by atoms with Crippen LogP contribution in [0.1, 0.15) is 22.2 Å². The van der Waals surface area contributed by atoms with Crippen molar-refractivity contribution in [3.63, 3.8) is 0 Å². The zero-order valence-corrected chi connectivity index (χ0v) is 6.02. The van der Waals surface area contributed by atoms with Crippen LogP contribution >= 0.6 is 0 Å². The third kappa shape index (κ3) is 0.785. The Balaban J connectivity index is 2.67. The number of ether oxygens (including phenoxy) is 1. The van der Waals surface area contributed by atoms with Crippen molar-refractivity contribution in [2.45, 2.75) is 6.29 Å². The first-order chi connectivity index (χ1) is 5.70. The van der Waals surface area contributed by atoms with Crippen molar-refractivity contribution in [3.05, 3.63) is 29.3 Å². The molecule has 0 amide bonds. The van der Waals surface area contributed by atoms with Gasteiger partial charge in [0, 0.05) is 5.56 Å². The largest absolute Gasteiger partial charge is 0.507 e. The lowest BCUT2D eigenvalue weighted by Crippen LogP contribution is -1.96. The molecule has 0 aliphatic carbocycles. The van der Waals surface area contributed by atoms with Crippen LogP contribution in [0, 0.1) is 0 Å². The fourth-order valence-electron chi connectivity index (χ4n) is 1.21. The Morgan fingerprint density at radius 3 is 2.83 bits per heavy atom. The number of cyclic esters (lactones) is 1. The molecule has 0 aromatic heterocycles. The molecule has 4 nitrogen and oxygen atoms in total. The maximum Gasteiger partial charge on any atom is 0.345 e. The number of carbonyl (C=O) groups excluding carboxylic acids is 1. The normalized spacial score (nSPS) is 20.4. The van der Waals surface area contributed by atoms with Crippen molar-refractivity contribution >= 4 is 5.97 Å². The Labute approximate surface area is 68.0 Å². The summed E-state index contributed by atoms with van der Waals surface area (Å²) in [6.07, 6.45) is -1.24. The molecule has 1 aromatic rings. The van der Waals surface area contributed by atoms with E-state index in [0.717, 1.165) is 0 Å². The molecule has 4 heteroatoms. The molecule has 1 heterocycles. The second kappa shape index (κ2) is 2.22. The summed E-state index contributed by atoms with van der Waals surface area (Å²) in [6, 6.07) is 4.45. The van der Waals surface area contributed by atoms with Crippen LogP contribution in [0.4, 0.5) is 0 Å². The highest BCUT2D eigenvalue weighted by atomic mass is 16.6. The van der Waals surface area contributed by atoms with E-state index in [1.165, 1.54) is 12.1 Å². The first-order valence-corrected chi connectivity index (χ1v) is 3.41. The number of esters is 1. The molecule has 12 heavy (non-hydrogen) atoms. The van der Waals surface area contributed by atoms with Gasteiger partial charge in [0.2, 0.25) is 6.29 Å². The quantitative estimate of drug-likeness (QED) is 0.552. The summed E-state index contributed by atoms with van der Waals surface area (Å²) in [5, 5.41) is 18.3. The van der Waals surface area contributed by atoms with Gasteiger partial charge in [0.1, 0.15) is 11.3 Å². The minimum Gasteiger partial charge on any atom is -0.507 e. The molecule has 0 saturated carbocycles. The van der Waals surface area contributed by atoms with E-state index in [9.17, 15) is 9.90 Å². The highest BCUT2D eigenvalue weighted by Gasteiger charge is 2.31. The van der Waals surface area contributed by atoms with Gasteiger partial charge >= 0.3 is 5.97 Å². The van der Waals surface area contributed by atoms with Gasteiger partial charge in [-0.05, 0) is 6.07 Å². The minimum absolute atomic E-state index is 0.0602. The van der Waals surface area contributed by atoms with Gasteiger partial charge in [-0.2, -0.15) is 0 Å². The number of hydrogen-bond acceptors (Lipinski definition) is 4. The average molecular weight is 166 g/mol. The molecule has 1 aliphatic rings. The van der Waals surface area contributed by atoms with Crippen LogP contribution in [0.5, 0.6) is 5.75 Å². The summed E-state index contributed by atoms with van der Waals surface area (Å²) in [5.41, 5.74) is 0.380. The SMILES string of the molecule is O=C1O[C@@H](O)c2cccc(O)c21. The molecule has 62 valence electrons. The van der Waals surface area contributed by atoms with E-state index in [4.69, 9.17) is 5.11 Å². The first-order valence-electron chi connectivity index (χ1n) is 3.41. The molecule has 2 N–H and O–H groups in total. The minimum atomic E-state index is -1.24. The molecular formula is C8H6O4. The van der Waals surface area contributed by atoms with Gasteiger partial charge in [0.15, 0.2) is 0 Å². The summed E-state index contributed by atoms with van der Waals surface area (Å²) >= 11 is 0. The smallest absolute Gasteiger partial charge is 0.345 e. The lowest BCUT2D eigenvalue weighted by atomic mass is 10.1. The number of phenols is 1. The fraction of sp³-hybridized carbons (Fsp3) is 0.125. The van der Waals surface area contributed by atoms with Gasteiger partial charge in [0.05, 0.1) is 0 Å². The molecule has 1 atom stereocenters. The number of benzene rings is 1. The van der Waals surface area contributed by atoms with Gasteiger partial charge < -0.3 is 14.9 Å². The molecule has 0 unspecified atom stereocenters. The Hall–Kier alpha value is -1.55. The van der Waals surface area contributed by atoms with Gasteiger partial charge in [-0.25, -0.2) is 4.79 Å². The predicted molar refractivity (Wildman–Crippen MR) is 38.5 cm³/mol. The van der Waals surface area contributed by atoms with E-state index in [-0.39, 0.29) is 11.3 Å². The molecule has 0 fully saturated rings. The summed E-state index contributed by atoms with van der Waals surface area (Å²) in [6.45, 7) is 0. The zero-order chi connectivity index (χ0) is 8.72. The lowest BCUT2D eigenvalue weighted by molar-refractivity contribution is -0.0547. The number of aliphatic hydroxyl groups is 1. The lowest BCUT2D eigenvalue weighted by Gasteiger charge is -1.99. The maximum absolute atomic E-state index is 11.0. The van der Waals surface area contributed by atoms with E-state index in [1.807, 2.05) is 0 Å². The summed E-state index contributed by atoms with van der Waals surface area (Å²) in [4.78, 5) is 11.0. The third-order valence-electron chi connectivity index (χ3n) is 1.76. The Morgan fingerprint density at radius 1 is 1.42 bits per heavy atom. The topological polar surface area (TPSA) is 66.8 Å². The number of carbonyl (C=O) groups is 1. The van der Waals surface area contributed by atoms with Gasteiger partial charge in [-0.1, -0.05) is 12.1 Å². The molecule has 0 bridgehead atoms. The van der Waals surface area contributed by atoms with Crippen LogP contribution in [0.3, 0.4) is 0 Å². The molecule has 0 saturated heterocycles. The van der Waals surface area contributed by atoms with Gasteiger partial charge in [-0.15, -0.1) is 0 Å². The maximum atomic E-state index is 11.0. The summed E-state index contributed by atoms with van der Waals surface area (Å²) < 4.78 is 4.47. The Bertz CT molecular complexity index is 345. The third-order valence-corrected chi connectivity index (χ3v) is 1.76. The van der Waals surface area contributed by atoms with Crippen LogP contribution in [0.2, 0.25) is 0 Å². The Kier molecular flexibility index (Phi) is 1.31. The fourth-order valence-corrected chi connectivity index (χ4v) is 1.21. The second-order valence-corrected chi connectivity index (χ2v) is 2.50. The number of hydrogen-bond donors (Lipinski definition) is 2. The number of phenolic OH excluding ortho intramolecular Hbond substituents is 1. The molecule has 1 aromatic carbocycles. The molecular weight excluding hydrogens is 160 g/mol. The summed E-state index contributed by atoms with van der Waals surface area (Å²) in [7, 11) is 0. The monoisotopic (exact) mass is 166 g/mol. The van der Waals surface area contributed by atoms with Crippen LogP contribution in [-0.4, -0.2) is 16.2 Å². The van der Waals surface area contributed by atoms with Crippen molar-refractivity contribution in [1.82, 2.24) is 0 Å². The predicted octanol–water partition coefficient (Wildman–Crippen LogP) is 0.553. The molecule has 0 radical (unpaired) electrons. The number of aliphatic hydroxyl groups excluding tert-OH is 1. The van der Waals surface area contributed by atoms with Gasteiger partial charge in [0.25, 0.3) is 0 Å². The van der Waals surface area contributed by atoms with Crippen molar-refractivity contribution in [1.29, 1.82) is 0 Å². The first kappa shape index (κ1) is 7.12. The van der Waals surface area contributed by atoms with Crippen molar-refractivity contribution in [2.24, 2.45) is 0 Å². The number of fused-ring (bicyclic) bond motifs is 1. The van der Waals surface area contributed by atoms with Crippen molar-refractivity contribution in [2.75, 3.05) is 0 Å². The Morgan fingerprint density at radius 2 is 2.17 bits per heavy atom. The van der Waals surface area contributed by atoms with E-state index in [1.54, 1.807) is 6.07 Å². The van der Waals surface area contributed by atoms with Crippen molar-refractivity contribution < 1.29 is 19.7 Å². The summed E-state index contributed by atoms with van der Waals surface area (Å²) in [5.74, 6) is -0.843. The van der Waals surface area contributed by atoms with E-state index < -0.39 is 12.3 Å². The van der Waals surface area contributed by atoms with E-state index in [0.29, 0.717) is 5.56 Å². The highest BCUT2D eigenvalue weighted by molar-refractivity contribution is 5.96. The average Bonchev–Trinajstić information content (AvgIpc) is 2.29. The van der Waals surface area contributed by atoms with E-state index in [2.05, 4.69) is 4.74 Å². The second-order valence-electron chi connectivity index (χ2n) is 2.50. The molecule has 2 rings (SSSR count). The van der Waals surface area contributed by atoms with Crippen LogP contribution in [0.25, 0.3) is 0 Å². The number of rotatable bonds is 0. The van der Waals surface area contributed by atoms with Crippen LogP contribution in [-0.2, 0) is 4.74 Å². The van der Waals surface area contributed by atoms with E-state index >= 15 is 0 Å². The van der Waals surface area contributed by atoms with Gasteiger partial charge in [-0.3, -0.25) is 0 Å². The van der Waals surface area contributed by atoms with Crippen LogP contribution < -0.4 is 0 Å².